The molecule has 0 spiro atoms. The van der Waals surface area contributed by atoms with E-state index < -0.39 is 0 Å². The van der Waals surface area contributed by atoms with Crippen LogP contribution in [0.1, 0.15) is 56.4 Å². The van der Waals surface area contributed by atoms with Gasteiger partial charge in [-0.1, -0.05) is 0 Å². The first kappa shape index (κ1) is 18.0. The Kier molecular flexibility index (Phi) is 5.43. The van der Waals surface area contributed by atoms with Gasteiger partial charge in [-0.3, -0.25) is 4.98 Å². The number of hydrogen-bond donors (Lipinski definition) is 0. The molecular formula is C21H27N5O. The van der Waals surface area contributed by atoms with Crippen LogP contribution in [0.5, 0.6) is 0 Å². The quantitative estimate of drug-likeness (QED) is 0.665. The van der Waals surface area contributed by atoms with Gasteiger partial charge in [-0.25, -0.2) is 15.0 Å². The summed E-state index contributed by atoms with van der Waals surface area (Å²) in [4.78, 5) is 18.3. The second-order valence-electron chi connectivity index (χ2n) is 7.65. The molecule has 1 aliphatic heterocycles. The third-order valence-electron chi connectivity index (χ3n) is 5.32. The number of aryl methyl sites for hydroxylation is 1. The summed E-state index contributed by atoms with van der Waals surface area (Å²) in [5.74, 6) is 1.68. The summed E-state index contributed by atoms with van der Waals surface area (Å²) in [6.45, 7) is 6.12. The van der Waals surface area contributed by atoms with Gasteiger partial charge in [-0.05, 0) is 51.2 Å². The second kappa shape index (κ2) is 8.13. The molecular weight excluding hydrogens is 338 g/mol. The third-order valence-corrected chi connectivity index (χ3v) is 5.32. The van der Waals surface area contributed by atoms with Crippen LogP contribution in [-0.4, -0.2) is 37.7 Å². The van der Waals surface area contributed by atoms with Crippen LogP contribution >= 0.6 is 0 Å². The van der Waals surface area contributed by atoms with Crippen molar-refractivity contribution in [3.05, 3.63) is 48.1 Å². The fourth-order valence-corrected chi connectivity index (χ4v) is 3.69. The molecule has 0 N–H and O–H groups in total. The lowest BCUT2D eigenvalue weighted by Crippen LogP contribution is -2.16. The van der Waals surface area contributed by atoms with Gasteiger partial charge in [0.1, 0.15) is 11.3 Å². The summed E-state index contributed by atoms with van der Waals surface area (Å²) >= 11 is 0. The molecule has 142 valence electrons. The Labute approximate surface area is 160 Å². The normalized spacial score (nSPS) is 15.7. The van der Waals surface area contributed by atoms with Gasteiger partial charge in [-0.2, -0.15) is 0 Å². The van der Waals surface area contributed by atoms with Crippen molar-refractivity contribution in [3.8, 4) is 0 Å². The van der Waals surface area contributed by atoms with Gasteiger partial charge < -0.3 is 9.30 Å². The molecule has 6 heteroatoms. The first-order valence-electron chi connectivity index (χ1n) is 9.89. The summed E-state index contributed by atoms with van der Waals surface area (Å²) in [6.07, 6.45) is 10.7. The fourth-order valence-electron chi connectivity index (χ4n) is 3.69. The van der Waals surface area contributed by atoms with E-state index in [1.807, 2.05) is 24.8 Å². The summed E-state index contributed by atoms with van der Waals surface area (Å²) in [5.41, 5.74) is 4.10. The summed E-state index contributed by atoms with van der Waals surface area (Å²) in [5, 5.41) is 0. The van der Waals surface area contributed by atoms with E-state index in [0.717, 1.165) is 73.1 Å². The maximum Gasteiger partial charge on any atom is 0.128 e. The van der Waals surface area contributed by atoms with Crippen LogP contribution in [0.2, 0.25) is 0 Å². The van der Waals surface area contributed by atoms with Gasteiger partial charge in [0.2, 0.25) is 0 Å². The lowest BCUT2D eigenvalue weighted by Gasteiger charge is -2.21. The summed E-state index contributed by atoms with van der Waals surface area (Å²) in [7, 11) is 0. The van der Waals surface area contributed by atoms with Crippen molar-refractivity contribution < 1.29 is 4.74 Å². The van der Waals surface area contributed by atoms with Crippen LogP contribution in [0.4, 0.5) is 0 Å². The number of hydrogen-bond acceptors (Lipinski definition) is 5. The topological polar surface area (TPSA) is 65.7 Å². The van der Waals surface area contributed by atoms with Crippen LogP contribution in [0.25, 0.3) is 11.0 Å². The Bertz CT molecular complexity index is 898. The van der Waals surface area contributed by atoms with Crippen LogP contribution in [-0.2, 0) is 17.6 Å². The molecule has 6 nitrogen and oxygen atoms in total. The average Bonchev–Trinajstić information content (AvgIpc) is 3.11. The maximum atomic E-state index is 5.44. The van der Waals surface area contributed by atoms with E-state index >= 15 is 0 Å². The Morgan fingerprint density at radius 3 is 2.81 bits per heavy atom. The lowest BCUT2D eigenvalue weighted by molar-refractivity contribution is 0.0638. The summed E-state index contributed by atoms with van der Waals surface area (Å²) in [6, 6.07) is 4.50. The minimum Gasteiger partial charge on any atom is -0.381 e. The SMILES string of the molecule is CC(C)n1cnc2cnc(Cc3ccnc(CCC4CCOCC4)n3)cc21. The van der Waals surface area contributed by atoms with Crippen molar-refractivity contribution in [2.24, 2.45) is 5.92 Å². The van der Waals surface area contributed by atoms with Gasteiger partial charge in [0, 0.05) is 44.0 Å². The van der Waals surface area contributed by atoms with E-state index in [1.165, 1.54) is 0 Å². The van der Waals surface area contributed by atoms with Gasteiger partial charge in [0.25, 0.3) is 0 Å². The van der Waals surface area contributed by atoms with Gasteiger partial charge in [-0.15, -0.1) is 0 Å². The predicted octanol–water partition coefficient (Wildman–Crippen LogP) is 3.75. The van der Waals surface area contributed by atoms with Crippen molar-refractivity contribution in [1.29, 1.82) is 0 Å². The molecule has 4 rings (SSSR count). The zero-order valence-corrected chi connectivity index (χ0v) is 16.1. The molecule has 27 heavy (non-hydrogen) atoms. The van der Waals surface area contributed by atoms with Crippen LogP contribution in [0.3, 0.4) is 0 Å². The second-order valence-corrected chi connectivity index (χ2v) is 7.65. The molecule has 0 amide bonds. The van der Waals surface area contributed by atoms with Gasteiger partial charge >= 0.3 is 0 Å². The zero-order valence-electron chi connectivity index (χ0n) is 16.1. The minimum absolute atomic E-state index is 0.376. The Morgan fingerprint density at radius 1 is 1.15 bits per heavy atom. The molecule has 0 radical (unpaired) electrons. The smallest absolute Gasteiger partial charge is 0.128 e. The molecule has 0 bridgehead atoms. The van der Waals surface area contributed by atoms with Crippen LogP contribution in [0, 0.1) is 5.92 Å². The van der Waals surface area contributed by atoms with Crippen molar-refractivity contribution in [1.82, 2.24) is 24.5 Å². The number of rotatable bonds is 6. The zero-order chi connectivity index (χ0) is 18.6. The molecule has 0 saturated carbocycles. The van der Waals surface area contributed by atoms with Gasteiger partial charge in [0.15, 0.2) is 0 Å². The van der Waals surface area contributed by atoms with E-state index in [2.05, 4.69) is 39.4 Å². The Morgan fingerprint density at radius 2 is 2.00 bits per heavy atom. The summed E-state index contributed by atoms with van der Waals surface area (Å²) < 4.78 is 7.62. The molecule has 0 aliphatic carbocycles. The van der Waals surface area contributed by atoms with Crippen LogP contribution < -0.4 is 0 Å². The lowest BCUT2D eigenvalue weighted by atomic mass is 9.95. The van der Waals surface area contributed by atoms with Crippen molar-refractivity contribution in [2.45, 2.75) is 52.0 Å². The largest absolute Gasteiger partial charge is 0.381 e. The number of pyridine rings is 1. The Hall–Kier alpha value is -2.34. The number of nitrogens with zero attached hydrogens (tertiary/aromatic N) is 5. The van der Waals surface area contributed by atoms with Gasteiger partial charge in [0.05, 0.1) is 23.7 Å². The van der Waals surface area contributed by atoms with E-state index in [1.54, 1.807) is 0 Å². The van der Waals surface area contributed by atoms with E-state index in [4.69, 9.17) is 9.72 Å². The maximum absolute atomic E-state index is 5.44. The monoisotopic (exact) mass is 365 g/mol. The molecule has 0 unspecified atom stereocenters. The molecule has 4 heterocycles. The molecule has 0 aromatic carbocycles. The predicted molar refractivity (Wildman–Crippen MR) is 105 cm³/mol. The molecule has 3 aromatic rings. The van der Waals surface area contributed by atoms with Crippen molar-refractivity contribution in [3.63, 3.8) is 0 Å². The first-order chi connectivity index (χ1) is 13.2. The number of aromatic nitrogens is 5. The van der Waals surface area contributed by atoms with E-state index in [9.17, 15) is 0 Å². The highest BCUT2D eigenvalue weighted by atomic mass is 16.5. The van der Waals surface area contributed by atoms with Crippen molar-refractivity contribution >= 4 is 11.0 Å². The van der Waals surface area contributed by atoms with Crippen LogP contribution in [0.15, 0.2) is 30.9 Å². The molecule has 1 fully saturated rings. The highest BCUT2D eigenvalue weighted by molar-refractivity contribution is 5.74. The number of fused-ring (bicyclic) bond motifs is 1. The van der Waals surface area contributed by atoms with E-state index in [0.29, 0.717) is 12.5 Å². The fraction of sp³-hybridized carbons (Fsp3) is 0.524. The molecule has 1 saturated heterocycles. The standard InChI is InChI=1S/C21H27N5O/c1-15(2)26-14-24-19-13-23-18(12-20(19)26)11-17-5-8-22-21(25-17)4-3-16-6-9-27-10-7-16/h5,8,12-16H,3-4,6-7,9-11H2,1-2H3. The molecule has 0 atom stereocenters. The average molecular weight is 365 g/mol. The first-order valence-corrected chi connectivity index (χ1v) is 9.89. The number of ether oxygens (including phenoxy) is 1. The highest BCUT2D eigenvalue weighted by Crippen LogP contribution is 2.21. The third kappa shape index (κ3) is 4.33. The number of imidazole rings is 1. The Balaban J connectivity index is 1.46. The minimum atomic E-state index is 0.376. The van der Waals surface area contributed by atoms with E-state index in [-0.39, 0.29) is 0 Å². The molecule has 3 aromatic heterocycles. The van der Waals surface area contributed by atoms with Crippen molar-refractivity contribution in [2.75, 3.05) is 13.2 Å². The highest BCUT2D eigenvalue weighted by Gasteiger charge is 2.14. The molecule has 1 aliphatic rings.